The van der Waals surface area contributed by atoms with Crippen LogP contribution in [0.1, 0.15) is 35.2 Å². The van der Waals surface area contributed by atoms with Crippen molar-refractivity contribution < 1.29 is 4.79 Å². The van der Waals surface area contributed by atoms with Crippen LogP contribution < -0.4 is 5.32 Å². The Bertz CT molecular complexity index is 377. The number of thiophene rings is 1. The lowest BCUT2D eigenvalue weighted by Crippen LogP contribution is -2.31. The average molecular weight is 302 g/mol. The number of hydrogen-bond acceptors (Lipinski definition) is 2. The first-order valence-electron chi connectivity index (χ1n) is 5.63. The Kier molecular flexibility index (Phi) is 4.03. The molecule has 0 bridgehead atoms. The Balaban J connectivity index is 1.86. The second-order valence-electron chi connectivity index (χ2n) is 4.39. The minimum Gasteiger partial charge on any atom is -0.352 e. The topological polar surface area (TPSA) is 29.1 Å². The molecule has 0 aromatic carbocycles. The molecule has 1 aliphatic rings. The van der Waals surface area contributed by atoms with Crippen molar-refractivity contribution in [3.63, 3.8) is 0 Å². The summed E-state index contributed by atoms with van der Waals surface area (Å²) in [6, 6.07) is 0. The maximum atomic E-state index is 11.9. The molecule has 1 saturated carbocycles. The second-order valence-corrected chi connectivity index (χ2v) is 6.31. The molecule has 16 heavy (non-hydrogen) atoms. The maximum Gasteiger partial charge on any atom is 0.252 e. The van der Waals surface area contributed by atoms with Crippen LogP contribution in [0.4, 0.5) is 0 Å². The first-order chi connectivity index (χ1) is 7.68. The van der Waals surface area contributed by atoms with Crippen LogP contribution in [0.5, 0.6) is 0 Å². The zero-order valence-corrected chi connectivity index (χ0v) is 11.7. The van der Waals surface area contributed by atoms with E-state index in [9.17, 15) is 4.79 Å². The summed E-state index contributed by atoms with van der Waals surface area (Å²) in [7, 11) is 0. The van der Waals surface area contributed by atoms with Gasteiger partial charge >= 0.3 is 0 Å². The predicted octanol–water partition coefficient (Wildman–Crippen LogP) is 3.35. The number of nitrogens with one attached hydrogen (secondary N) is 1. The number of halogens is 1. The highest BCUT2D eigenvalue weighted by atomic mass is 79.9. The van der Waals surface area contributed by atoms with E-state index in [-0.39, 0.29) is 5.91 Å². The van der Waals surface area contributed by atoms with Crippen LogP contribution >= 0.6 is 27.3 Å². The van der Waals surface area contributed by atoms with Crippen LogP contribution in [0.15, 0.2) is 10.8 Å². The number of carbonyl (C=O) groups excluding carboxylic acids is 1. The van der Waals surface area contributed by atoms with Gasteiger partial charge in [-0.2, -0.15) is 11.3 Å². The predicted molar refractivity (Wildman–Crippen MR) is 71.4 cm³/mol. The summed E-state index contributed by atoms with van der Waals surface area (Å²) in [6.45, 7) is 2.78. The van der Waals surface area contributed by atoms with Gasteiger partial charge < -0.3 is 5.32 Å². The highest BCUT2D eigenvalue weighted by molar-refractivity contribution is 9.09. The summed E-state index contributed by atoms with van der Waals surface area (Å²) in [6.07, 6.45) is 3.73. The molecular formula is C12H16BrNOS. The molecule has 1 aromatic heterocycles. The molecular weight excluding hydrogens is 286 g/mol. The molecule has 2 unspecified atom stereocenters. The van der Waals surface area contributed by atoms with Crippen molar-refractivity contribution in [2.24, 2.45) is 5.92 Å². The summed E-state index contributed by atoms with van der Waals surface area (Å²) in [5.74, 6) is 0.674. The van der Waals surface area contributed by atoms with Crippen LogP contribution in [-0.4, -0.2) is 17.3 Å². The Morgan fingerprint density at radius 1 is 1.56 bits per heavy atom. The van der Waals surface area contributed by atoms with Gasteiger partial charge in [-0.3, -0.25) is 4.79 Å². The molecule has 88 valence electrons. The molecule has 1 N–H and O–H groups in total. The van der Waals surface area contributed by atoms with Gasteiger partial charge in [-0.25, -0.2) is 0 Å². The minimum absolute atomic E-state index is 0.0744. The molecule has 2 rings (SSSR count). The Hall–Kier alpha value is -0.350. The second kappa shape index (κ2) is 5.32. The number of rotatable bonds is 3. The lowest BCUT2D eigenvalue weighted by atomic mass is 10.1. The van der Waals surface area contributed by atoms with Crippen molar-refractivity contribution in [3.05, 3.63) is 21.9 Å². The Labute approximate surface area is 109 Å². The fourth-order valence-electron chi connectivity index (χ4n) is 2.13. The summed E-state index contributed by atoms with van der Waals surface area (Å²) in [4.78, 5) is 12.5. The van der Waals surface area contributed by atoms with Crippen LogP contribution in [0.25, 0.3) is 0 Å². The first-order valence-corrected chi connectivity index (χ1v) is 7.49. The van der Waals surface area contributed by atoms with Crippen molar-refractivity contribution in [3.8, 4) is 0 Å². The van der Waals surface area contributed by atoms with E-state index >= 15 is 0 Å². The van der Waals surface area contributed by atoms with Crippen molar-refractivity contribution in [1.82, 2.24) is 5.32 Å². The fraction of sp³-hybridized carbons (Fsp3) is 0.583. The number of alkyl halides is 1. The lowest BCUT2D eigenvalue weighted by molar-refractivity contribution is 0.0947. The highest BCUT2D eigenvalue weighted by Crippen LogP contribution is 2.30. The number of hydrogen-bond donors (Lipinski definition) is 1. The van der Waals surface area contributed by atoms with E-state index < -0.39 is 0 Å². The maximum absolute atomic E-state index is 11.9. The van der Waals surface area contributed by atoms with Crippen molar-refractivity contribution >= 4 is 33.2 Å². The summed E-state index contributed by atoms with van der Waals surface area (Å²) < 4.78 is 0. The molecule has 1 heterocycles. The van der Waals surface area contributed by atoms with Crippen LogP contribution in [0.3, 0.4) is 0 Å². The molecule has 1 amide bonds. The zero-order valence-electron chi connectivity index (χ0n) is 9.33. The molecule has 1 aromatic rings. The van der Waals surface area contributed by atoms with Gasteiger partial charge in [0.1, 0.15) is 0 Å². The first kappa shape index (κ1) is 12.1. The highest BCUT2D eigenvalue weighted by Gasteiger charge is 2.25. The molecule has 0 spiro atoms. The third-order valence-corrected chi connectivity index (χ3v) is 5.26. The van der Waals surface area contributed by atoms with Gasteiger partial charge in [0.05, 0.1) is 5.56 Å². The van der Waals surface area contributed by atoms with Gasteiger partial charge in [0.25, 0.3) is 5.91 Å². The molecule has 4 heteroatoms. The molecule has 1 fully saturated rings. The molecule has 2 atom stereocenters. The van der Waals surface area contributed by atoms with Gasteiger partial charge in [0.2, 0.25) is 0 Å². The number of carbonyl (C=O) groups is 1. The summed E-state index contributed by atoms with van der Waals surface area (Å²) in [5.41, 5.74) is 1.90. The molecule has 2 nitrogen and oxygen atoms in total. The summed E-state index contributed by atoms with van der Waals surface area (Å²) >= 11 is 5.25. The largest absolute Gasteiger partial charge is 0.352 e. The van der Waals surface area contributed by atoms with Crippen molar-refractivity contribution in [2.45, 2.75) is 31.0 Å². The van der Waals surface area contributed by atoms with E-state index in [0.717, 1.165) is 17.7 Å². The standard InChI is InChI=1S/C12H16BrNOS/c1-8-6-16-7-10(8)12(15)14-5-9-3-2-4-11(9)13/h6-7,9,11H,2-5H2,1H3,(H,14,15). The van der Waals surface area contributed by atoms with Gasteiger partial charge in [-0.1, -0.05) is 22.4 Å². The molecule has 0 saturated heterocycles. The van der Waals surface area contributed by atoms with E-state index in [0.29, 0.717) is 10.7 Å². The quantitative estimate of drug-likeness (QED) is 0.852. The number of aryl methyl sites for hydroxylation is 1. The van der Waals surface area contributed by atoms with Crippen LogP contribution in [-0.2, 0) is 0 Å². The third kappa shape index (κ3) is 2.66. The SMILES string of the molecule is Cc1cscc1C(=O)NCC1CCCC1Br. The van der Waals surface area contributed by atoms with Crippen LogP contribution in [0.2, 0.25) is 0 Å². The van der Waals surface area contributed by atoms with E-state index in [1.165, 1.54) is 19.3 Å². The van der Waals surface area contributed by atoms with E-state index in [2.05, 4.69) is 21.2 Å². The molecule has 1 aliphatic carbocycles. The van der Waals surface area contributed by atoms with Gasteiger partial charge in [-0.15, -0.1) is 0 Å². The summed E-state index contributed by atoms with van der Waals surface area (Å²) in [5, 5.41) is 6.97. The minimum atomic E-state index is 0.0744. The zero-order chi connectivity index (χ0) is 11.5. The monoisotopic (exact) mass is 301 g/mol. The van der Waals surface area contributed by atoms with Gasteiger partial charge in [0.15, 0.2) is 0 Å². The Morgan fingerprint density at radius 2 is 2.38 bits per heavy atom. The van der Waals surface area contributed by atoms with Gasteiger partial charge in [0, 0.05) is 16.8 Å². The van der Waals surface area contributed by atoms with E-state index in [1.54, 1.807) is 11.3 Å². The van der Waals surface area contributed by atoms with E-state index in [4.69, 9.17) is 0 Å². The normalized spacial score (nSPS) is 24.6. The average Bonchev–Trinajstić information content (AvgIpc) is 2.84. The van der Waals surface area contributed by atoms with Crippen molar-refractivity contribution in [2.75, 3.05) is 6.54 Å². The number of amides is 1. The van der Waals surface area contributed by atoms with Crippen molar-refractivity contribution in [1.29, 1.82) is 0 Å². The van der Waals surface area contributed by atoms with Crippen LogP contribution in [0, 0.1) is 12.8 Å². The third-order valence-electron chi connectivity index (χ3n) is 3.19. The van der Waals surface area contributed by atoms with Gasteiger partial charge in [-0.05, 0) is 36.6 Å². The molecule has 0 radical (unpaired) electrons. The smallest absolute Gasteiger partial charge is 0.252 e. The Morgan fingerprint density at radius 3 is 2.94 bits per heavy atom. The lowest BCUT2D eigenvalue weighted by Gasteiger charge is -2.14. The molecule has 0 aliphatic heterocycles. The van der Waals surface area contributed by atoms with E-state index in [1.807, 2.05) is 17.7 Å². The fourth-order valence-corrected chi connectivity index (χ4v) is 3.74.